The van der Waals surface area contributed by atoms with Crippen LogP contribution >= 0.6 is 0 Å². The minimum atomic E-state index is -1.34. The van der Waals surface area contributed by atoms with E-state index < -0.39 is 7.12 Å². The van der Waals surface area contributed by atoms with Crippen LogP contribution in [0.2, 0.25) is 0 Å². The quantitative estimate of drug-likeness (QED) is 0.608. The Hall–Kier alpha value is -0.735. The van der Waals surface area contributed by atoms with Crippen LogP contribution in [-0.4, -0.2) is 23.8 Å². The summed E-state index contributed by atoms with van der Waals surface area (Å²) in [6.07, 6.45) is 5.17. The highest BCUT2D eigenvalue weighted by Gasteiger charge is 2.17. The molecule has 66 valence electrons. The normalized spacial score (nSPS) is 16.6. The second-order valence-electron chi connectivity index (χ2n) is 2.67. The van der Waals surface area contributed by atoms with Gasteiger partial charge >= 0.3 is 7.12 Å². The van der Waals surface area contributed by atoms with E-state index in [2.05, 4.69) is 0 Å². The Bertz CT molecular complexity index is 208. The van der Waals surface area contributed by atoms with Gasteiger partial charge in [-0.25, -0.2) is 0 Å². The first-order valence-electron chi connectivity index (χ1n) is 4.13. The summed E-state index contributed by atoms with van der Waals surface area (Å²) in [5, 5.41) is 17.7. The van der Waals surface area contributed by atoms with Gasteiger partial charge in [0, 0.05) is 0 Å². The van der Waals surface area contributed by atoms with Crippen molar-refractivity contribution in [2.24, 2.45) is 0 Å². The Kier molecular flexibility index (Phi) is 3.38. The highest BCUT2D eigenvalue weighted by Crippen LogP contribution is 2.18. The van der Waals surface area contributed by atoms with Crippen LogP contribution in [0.1, 0.15) is 19.8 Å². The first-order chi connectivity index (χ1) is 5.74. The standard InChI is InChI=1S/C8H13BO3/c1-2-12-8-5-3-4-7(6-8)9(10)11/h5-6,10-11H,2-4H2,1H3. The molecule has 0 radical (unpaired) electrons. The molecule has 0 bridgehead atoms. The number of hydrogen-bond acceptors (Lipinski definition) is 3. The SMILES string of the molecule is CCOC1=CCCC(B(O)O)=C1. The van der Waals surface area contributed by atoms with Crippen LogP contribution in [0.4, 0.5) is 0 Å². The van der Waals surface area contributed by atoms with Crippen LogP contribution in [0.5, 0.6) is 0 Å². The molecule has 0 spiro atoms. The lowest BCUT2D eigenvalue weighted by atomic mass is 9.75. The highest BCUT2D eigenvalue weighted by molar-refractivity contribution is 6.50. The summed E-state index contributed by atoms with van der Waals surface area (Å²) in [5.41, 5.74) is 0.626. The Balaban J connectivity index is 2.61. The van der Waals surface area contributed by atoms with Gasteiger partial charge in [-0.15, -0.1) is 0 Å². The van der Waals surface area contributed by atoms with Gasteiger partial charge in [-0.05, 0) is 37.4 Å². The van der Waals surface area contributed by atoms with Crippen LogP contribution in [0.3, 0.4) is 0 Å². The average Bonchev–Trinajstić information content (AvgIpc) is 2.05. The van der Waals surface area contributed by atoms with Crippen molar-refractivity contribution >= 4 is 7.12 Å². The van der Waals surface area contributed by atoms with Crippen LogP contribution in [-0.2, 0) is 4.74 Å². The second kappa shape index (κ2) is 4.33. The van der Waals surface area contributed by atoms with Crippen molar-refractivity contribution in [2.45, 2.75) is 19.8 Å². The first-order valence-corrected chi connectivity index (χ1v) is 4.13. The molecule has 0 aromatic carbocycles. The average molecular weight is 168 g/mol. The molecule has 2 N–H and O–H groups in total. The van der Waals surface area contributed by atoms with Gasteiger partial charge in [0.05, 0.1) is 6.61 Å². The Morgan fingerprint density at radius 3 is 2.92 bits per heavy atom. The molecule has 4 heteroatoms. The van der Waals surface area contributed by atoms with E-state index in [1.807, 2.05) is 13.0 Å². The molecule has 0 amide bonds. The van der Waals surface area contributed by atoms with E-state index in [1.165, 1.54) is 0 Å². The third-order valence-corrected chi connectivity index (χ3v) is 1.75. The third kappa shape index (κ3) is 2.39. The zero-order chi connectivity index (χ0) is 8.97. The molecule has 0 atom stereocenters. The lowest BCUT2D eigenvalue weighted by Crippen LogP contribution is -2.17. The Labute approximate surface area is 72.5 Å². The molecular weight excluding hydrogens is 155 g/mol. The molecule has 0 aromatic rings. The smallest absolute Gasteiger partial charge is 0.484 e. The molecule has 0 saturated carbocycles. The summed E-state index contributed by atoms with van der Waals surface area (Å²) in [6, 6.07) is 0. The number of hydrogen-bond donors (Lipinski definition) is 2. The molecule has 0 saturated heterocycles. The molecule has 0 aliphatic heterocycles. The first kappa shape index (κ1) is 9.35. The van der Waals surface area contributed by atoms with Crippen molar-refractivity contribution in [3.05, 3.63) is 23.4 Å². The fraction of sp³-hybridized carbons (Fsp3) is 0.500. The van der Waals surface area contributed by atoms with E-state index in [4.69, 9.17) is 14.8 Å². The van der Waals surface area contributed by atoms with Crippen LogP contribution in [0.25, 0.3) is 0 Å². The molecule has 0 heterocycles. The van der Waals surface area contributed by atoms with E-state index in [9.17, 15) is 0 Å². The zero-order valence-electron chi connectivity index (χ0n) is 7.16. The Morgan fingerprint density at radius 1 is 1.58 bits per heavy atom. The van der Waals surface area contributed by atoms with E-state index in [0.717, 1.165) is 12.2 Å². The monoisotopic (exact) mass is 168 g/mol. The summed E-state index contributed by atoms with van der Waals surface area (Å²) in [4.78, 5) is 0. The maximum atomic E-state index is 8.87. The van der Waals surface area contributed by atoms with Gasteiger partial charge in [0.15, 0.2) is 0 Å². The third-order valence-electron chi connectivity index (χ3n) is 1.75. The summed E-state index contributed by atoms with van der Waals surface area (Å²) >= 11 is 0. The van der Waals surface area contributed by atoms with Crippen LogP contribution in [0.15, 0.2) is 23.4 Å². The molecule has 1 aliphatic carbocycles. The number of allylic oxidation sites excluding steroid dienone is 3. The summed E-state index contributed by atoms with van der Waals surface area (Å²) in [5.74, 6) is 0.742. The van der Waals surface area contributed by atoms with Gasteiger partial charge in [-0.3, -0.25) is 0 Å². The fourth-order valence-electron chi connectivity index (χ4n) is 1.17. The lowest BCUT2D eigenvalue weighted by Gasteiger charge is -2.13. The van der Waals surface area contributed by atoms with Crippen molar-refractivity contribution in [3.63, 3.8) is 0 Å². The van der Waals surface area contributed by atoms with Crippen molar-refractivity contribution in [3.8, 4) is 0 Å². The maximum Gasteiger partial charge on any atom is 0.484 e. The maximum absolute atomic E-state index is 8.87. The minimum Gasteiger partial charge on any atom is -0.494 e. The van der Waals surface area contributed by atoms with E-state index in [0.29, 0.717) is 18.5 Å². The lowest BCUT2D eigenvalue weighted by molar-refractivity contribution is 0.239. The van der Waals surface area contributed by atoms with E-state index in [-0.39, 0.29) is 0 Å². The van der Waals surface area contributed by atoms with Crippen LogP contribution < -0.4 is 0 Å². The molecule has 1 rings (SSSR count). The van der Waals surface area contributed by atoms with Gasteiger partial charge in [0.1, 0.15) is 5.76 Å². The van der Waals surface area contributed by atoms with Crippen molar-refractivity contribution in [1.82, 2.24) is 0 Å². The Morgan fingerprint density at radius 2 is 2.33 bits per heavy atom. The van der Waals surface area contributed by atoms with Crippen molar-refractivity contribution in [2.75, 3.05) is 6.61 Å². The number of ether oxygens (including phenoxy) is 1. The molecule has 12 heavy (non-hydrogen) atoms. The van der Waals surface area contributed by atoms with E-state index >= 15 is 0 Å². The molecule has 0 unspecified atom stereocenters. The van der Waals surface area contributed by atoms with Crippen molar-refractivity contribution in [1.29, 1.82) is 0 Å². The zero-order valence-corrected chi connectivity index (χ0v) is 7.16. The topological polar surface area (TPSA) is 49.7 Å². The highest BCUT2D eigenvalue weighted by atomic mass is 16.5. The van der Waals surface area contributed by atoms with Gasteiger partial charge < -0.3 is 14.8 Å². The van der Waals surface area contributed by atoms with Gasteiger partial charge in [-0.1, -0.05) is 0 Å². The van der Waals surface area contributed by atoms with Crippen molar-refractivity contribution < 1.29 is 14.8 Å². The van der Waals surface area contributed by atoms with Crippen LogP contribution in [0, 0.1) is 0 Å². The molecular formula is C8H13BO3. The fourth-order valence-corrected chi connectivity index (χ4v) is 1.17. The number of rotatable bonds is 3. The van der Waals surface area contributed by atoms with E-state index in [1.54, 1.807) is 6.08 Å². The molecule has 0 aromatic heterocycles. The van der Waals surface area contributed by atoms with Gasteiger partial charge in [0.25, 0.3) is 0 Å². The molecule has 0 fully saturated rings. The molecule has 1 aliphatic rings. The molecule has 3 nitrogen and oxygen atoms in total. The largest absolute Gasteiger partial charge is 0.494 e. The van der Waals surface area contributed by atoms with Gasteiger partial charge in [-0.2, -0.15) is 0 Å². The predicted molar refractivity (Wildman–Crippen MR) is 47.2 cm³/mol. The summed E-state index contributed by atoms with van der Waals surface area (Å²) < 4.78 is 5.23. The predicted octanol–water partition coefficient (Wildman–Crippen LogP) is 0.639. The second-order valence-corrected chi connectivity index (χ2v) is 2.67. The van der Waals surface area contributed by atoms with Gasteiger partial charge in [0.2, 0.25) is 0 Å². The summed E-state index contributed by atoms with van der Waals surface area (Å²) in [6.45, 7) is 2.51. The summed E-state index contributed by atoms with van der Waals surface area (Å²) in [7, 11) is -1.34. The minimum absolute atomic E-state index is 0.608.